The van der Waals surface area contributed by atoms with E-state index >= 15 is 0 Å². The van der Waals surface area contributed by atoms with E-state index in [2.05, 4.69) is 39.1 Å². The number of carbonyl (C=O) groups excluding carboxylic acids is 1. The molecule has 3 aromatic carbocycles. The molecule has 1 atom stereocenters. The van der Waals surface area contributed by atoms with Gasteiger partial charge in [-0.2, -0.15) is 0 Å². The number of amides is 1. The van der Waals surface area contributed by atoms with Crippen molar-refractivity contribution in [2.75, 3.05) is 33.2 Å². The van der Waals surface area contributed by atoms with E-state index in [1.165, 1.54) is 11.1 Å². The SMILES string of the molecule is CN(CC(CCN1CCC2(CC1)OCc1ccccc12)c1ccc(Cl)c(Cl)c1)C(=O)c1ccc2nc[nH]c2c1. The molecule has 6 rings (SSSR count). The predicted molar refractivity (Wildman–Crippen MR) is 155 cm³/mol. The Morgan fingerprint density at radius 3 is 2.74 bits per heavy atom. The average molecular weight is 564 g/mol. The van der Waals surface area contributed by atoms with E-state index in [0.29, 0.717) is 28.8 Å². The maximum atomic E-state index is 13.4. The fraction of sp³-hybridized carbons (Fsp3) is 0.355. The highest BCUT2D eigenvalue weighted by atomic mass is 35.5. The molecule has 1 N–H and O–H groups in total. The fourth-order valence-corrected chi connectivity index (χ4v) is 6.41. The average Bonchev–Trinajstić information content (AvgIpc) is 3.58. The van der Waals surface area contributed by atoms with Crippen molar-refractivity contribution in [3.63, 3.8) is 0 Å². The molecule has 6 nitrogen and oxygen atoms in total. The van der Waals surface area contributed by atoms with Crippen molar-refractivity contribution in [1.82, 2.24) is 19.8 Å². The van der Waals surface area contributed by atoms with Gasteiger partial charge in [0.2, 0.25) is 0 Å². The number of benzene rings is 3. The van der Waals surface area contributed by atoms with Crippen LogP contribution in [0.2, 0.25) is 10.0 Å². The zero-order chi connectivity index (χ0) is 27.0. The normalized spacial score (nSPS) is 17.4. The minimum Gasteiger partial charge on any atom is -0.365 e. The zero-order valence-electron chi connectivity index (χ0n) is 22.0. The van der Waals surface area contributed by atoms with Crippen LogP contribution in [0.15, 0.2) is 67.0 Å². The molecule has 0 radical (unpaired) electrons. The van der Waals surface area contributed by atoms with Crippen molar-refractivity contribution in [3.05, 3.63) is 99.3 Å². The van der Waals surface area contributed by atoms with E-state index in [0.717, 1.165) is 55.5 Å². The molecule has 39 heavy (non-hydrogen) atoms. The van der Waals surface area contributed by atoms with Crippen LogP contribution in [0.1, 0.15) is 52.2 Å². The molecule has 1 aromatic heterocycles. The summed E-state index contributed by atoms with van der Waals surface area (Å²) in [5.74, 6) is 0.0949. The number of H-pyrrole nitrogens is 1. The summed E-state index contributed by atoms with van der Waals surface area (Å²) in [5.41, 5.74) is 5.98. The van der Waals surface area contributed by atoms with Gasteiger partial charge >= 0.3 is 0 Å². The summed E-state index contributed by atoms with van der Waals surface area (Å²) >= 11 is 12.6. The number of ether oxygens (including phenoxy) is 1. The summed E-state index contributed by atoms with van der Waals surface area (Å²) in [4.78, 5) is 25.0. The Balaban J connectivity index is 1.14. The van der Waals surface area contributed by atoms with Crippen LogP contribution in [0, 0.1) is 0 Å². The number of halogens is 2. The second-order valence-corrected chi connectivity index (χ2v) is 11.6. The quantitative estimate of drug-likeness (QED) is 0.274. The number of carbonyl (C=O) groups is 1. The van der Waals surface area contributed by atoms with Gasteiger partial charge in [-0.1, -0.05) is 53.5 Å². The number of imidazole rings is 1. The number of aromatic nitrogens is 2. The standard InChI is InChI=1S/C31H32Cl2N4O2/c1-36(30(38)22-7-9-28-29(17-22)35-20-34-28)18-23(21-6-8-26(32)27(33)16-21)10-13-37-14-11-31(12-15-37)25-5-3-2-4-24(25)19-39-31/h2-9,16-17,20,23H,10-15,18-19H2,1H3,(H,34,35). The van der Waals surface area contributed by atoms with Gasteiger partial charge < -0.3 is 19.5 Å². The molecule has 1 fully saturated rings. The van der Waals surface area contributed by atoms with Crippen LogP contribution in [0.3, 0.4) is 0 Å². The summed E-state index contributed by atoms with van der Waals surface area (Å²) in [5, 5.41) is 1.07. The van der Waals surface area contributed by atoms with Crippen LogP contribution in [0.4, 0.5) is 0 Å². The third-order valence-corrected chi connectivity index (χ3v) is 9.13. The summed E-state index contributed by atoms with van der Waals surface area (Å²) in [6, 6.07) is 20.0. The monoisotopic (exact) mass is 562 g/mol. The van der Waals surface area contributed by atoms with Gasteiger partial charge in [0.25, 0.3) is 5.91 Å². The second kappa shape index (κ2) is 10.9. The highest BCUT2D eigenvalue weighted by molar-refractivity contribution is 6.42. The maximum absolute atomic E-state index is 13.4. The first-order chi connectivity index (χ1) is 18.9. The number of hydrogen-bond acceptors (Lipinski definition) is 4. The van der Waals surface area contributed by atoms with Crippen molar-refractivity contribution in [2.45, 2.75) is 37.4 Å². The zero-order valence-corrected chi connectivity index (χ0v) is 23.5. The molecule has 0 aliphatic carbocycles. The van der Waals surface area contributed by atoms with Crippen molar-refractivity contribution in [2.24, 2.45) is 0 Å². The first-order valence-corrected chi connectivity index (χ1v) is 14.3. The molecule has 2 aliphatic rings. The molecule has 3 heterocycles. The van der Waals surface area contributed by atoms with E-state index in [4.69, 9.17) is 27.9 Å². The van der Waals surface area contributed by atoms with E-state index in [9.17, 15) is 4.79 Å². The van der Waals surface area contributed by atoms with Crippen LogP contribution in [-0.4, -0.2) is 58.9 Å². The van der Waals surface area contributed by atoms with Crippen LogP contribution >= 0.6 is 23.2 Å². The Labute approximate surface area is 238 Å². The molecule has 1 spiro atoms. The molecule has 1 amide bonds. The van der Waals surface area contributed by atoms with Crippen LogP contribution in [-0.2, 0) is 16.9 Å². The lowest BCUT2D eigenvalue weighted by atomic mass is 9.83. The first kappa shape index (κ1) is 26.3. The number of nitrogens with one attached hydrogen (secondary N) is 1. The van der Waals surface area contributed by atoms with Crippen molar-refractivity contribution in [1.29, 1.82) is 0 Å². The molecule has 0 saturated carbocycles. The number of fused-ring (bicyclic) bond motifs is 3. The number of likely N-dealkylation sites (tertiary alicyclic amines) is 1. The molecular formula is C31H32Cl2N4O2. The minimum atomic E-state index is -0.140. The Morgan fingerprint density at radius 1 is 1.10 bits per heavy atom. The summed E-state index contributed by atoms with van der Waals surface area (Å²) in [6.07, 6.45) is 4.54. The van der Waals surface area contributed by atoms with Crippen molar-refractivity contribution in [3.8, 4) is 0 Å². The van der Waals surface area contributed by atoms with Crippen LogP contribution < -0.4 is 0 Å². The third-order valence-electron chi connectivity index (χ3n) is 8.39. The van der Waals surface area contributed by atoms with Gasteiger partial charge in [-0.05, 0) is 72.8 Å². The predicted octanol–water partition coefficient (Wildman–Crippen LogP) is 6.64. The second-order valence-electron chi connectivity index (χ2n) is 10.8. The molecule has 0 bridgehead atoms. The molecule has 4 aromatic rings. The summed E-state index contributed by atoms with van der Waals surface area (Å²) < 4.78 is 6.36. The van der Waals surface area contributed by atoms with E-state index < -0.39 is 0 Å². The van der Waals surface area contributed by atoms with Crippen LogP contribution in [0.5, 0.6) is 0 Å². The first-order valence-electron chi connectivity index (χ1n) is 13.5. The number of likely N-dealkylation sites (N-methyl/N-ethyl adjacent to an activating group) is 1. The topological polar surface area (TPSA) is 61.5 Å². The molecule has 2 aliphatic heterocycles. The largest absolute Gasteiger partial charge is 0.365 e. The Hall–Kier alpha value is -2.90. The van der Waals surface area contributed by atoms with Gasteiger partial charge in [0.05, 0.1) is 39.6 Å². The van der Waals surface area contributed by atoms with E-state index in [1.54, 1.807) is 11.2 Å². The summed E-state index contributed by atoms with van der Waals surface area (Å²) in [6.45, 7) is 4.20. The fourth-order valence-electron chi connectivity index (χ4n) is 6.11. The number of aromatic amines is 1. The Bertz CT molecular complexity index is 1490. The van der Waals surface area contributed by atoms with Gasteiger partial charge in [-0.15, -0.1) is 0 Å². The van der Waals surface area contributed by atoms with Gasteiger partial charge in [0.1, 0.15) is 0 Å². The molecule has 8 heteroatoms. The lowest BCUT2D eigenvalue weighted by Crippen LogP contribution is -2.43. The van der Waals surface area contributed by atoms with Crippen molar-refractivity contribution >= 4 is 40.1 Å². The number of nitrogens with zero attached hydrogens (tertiary/aromatic N) is 3. The van der Waals surface area contributed by atoms with Crippen LogP contribution in [0.25, 0.3) is 11.0 Å². The Morgan fingerprint density at radius 2 is 1.92 bits per heavy atom. The maximum Gasteiger partial charge on any atom is 0.253 e. The molecule has 1 saturated heterocycles. The molecule has 1 unspecified atom stereocenters. The van der Waals surface area contributed by atoms with Crippen molar-refractivity contribution < 1.29 is 9.53 Å². The van der Waals surface area contributed by atoms with Gasteiger partial charge in [0.15, 0.2) is 0 Å². The highest BCUT2D eigenvalue weighted by Crippen LogP contribution is 2.44. The van der Waals surface area contributed by atoms with Gasteiger partial charge in [0, 0.05) is 38.2 Å². The van der Waals surface area contributed by atoms with Gasteiger partial charge in [-0.3, -0.25) is 4.79 Å². The lowest BCUT2D eigenvalue weighted by Gasteiger charge is -2.40. The smallest absolute Gasteiger partial charge is 0.253 e. The van der Waals surface area contributed by atoms with E-state index in [-0.39, 0.29) is 17.4 Å². The number of piperidine rings is 1. The molecule has 202 valence electrons. The Kier molecular flexibility index (Phi) is 7.38. The van der Waals surface area contributed by atoms with E-state index in [1.807, 2.05) is 43.4 Å². The lowest BCUT2D eigenvalue weighted by molar-refractivity contribution is -0.0790. The van der Waals surface area contributed by atoms with Gasteiger partial charge in [-0.25, -0.2) is 4.98 Å². The third kappa shape index (κ3) is 5.31. The highest BCUT2D eigenvalue weighted by Gasteiger charge is 2.42. The number of rotatable bonds is 7. The molecular weight excluding hydrogens is 531 g/mol. The minimum absolute atomic E-state index is 0.0199. The summed E-state index contributed by atoms with van der Waals surface area (Å²) in [7, 11) is 1.86. The number of hydrogen-bond donors (Lipinski definition) is 1.